The van der Waals surface area contributed by atoms with E-state index in [1.54, 1.807) is 40.5 Å². The molecule has 7 heteroatoms. The highest BCUT2D eigenvalue weighted by molar-refractivity contribution is 7.10. The summed E-state index contributed by atoms with van der Waals surface area (Å²) in [6, 6.07) is 9.43. The Hall–Kier alpha value is -2.67. The SMILES string of the molecule is CCC(NC(=O)Nc1cc(F)ccc1-n1cccn1)c1cccs1. The Bertz CT molecular complexity index is 802. The second kappa shape index (κ2) is 7.27. The maximum absolute atomic E-state index is 13.6. The molecule has 124 valence electrons. The van der Waals surface area contributed by atoms with Gasteiger partial charge in [-0.05, 0) is 42.1 Å². The molecular formula is C17H17FN4OS. The van der Waals surface area contributed by atoms with Crippen LogP contribution >= 0.6 is 11.3 Å². The Morgan fingerprint density at radius 3 is 2.92 bits per heavy atom. The molecule has 2 amide bonds. The Morgan fingerprint density at radius 1 is 1.38 bits per heavy atom. The second-order valence-corrected chi connectivity index (χ2v) is 6.17. The zero-order chi connectivity index (χ0) is 16.9. The second-order valence-electron chi connectivity index (χ2n) is 5.19. The Balaban J connectivity index is 1.78. The maximum Gasteiger partial charge on any atom is 0.319 e. The maximum atomic E-state index is 13.6. The molecule has 1 unspecified atom stereocenters. The molecule has 0 aliphatic rings. The molecule has 0 saturated heterocycles. The first-order valence-electron chi connectivity index (χ1n) is 7.58. The van der Waals surface area contributed by atoms with Gasteiger partial charge in [0.1, 0.15) is 5.82 Å². The highest BCUT2D eigenvalue weighted by atomic mass is 32.1. The van der Waals surface area contributed by atoms with Crippen molar-refractivity contribution in [3.05, 3.63) is 64.9 Å². The van der Waals surface area contributed by atoms with Gasteiger partial charge in [-0.3, -0.25) is 0 Å². The first kappa shape index (κ1) is 16.2. The molecule has 0 fully saturated rings. The average molecular weight is 344 g/mol. The molecule has 0 spiro atoms. The Labute approximate surface area is 143 Å². The van der Waals surface area contributed by atoms with Crippen molar-refractivity contribution >= 4 is 23.1 Å². The van der Waals surface area contributed by atoms with Crippen molar-refractivity contribution in [2.45, 2.75) is 19.4 Å². The summed E-state index contributed by atoms with van der Waals surface area (Å²) in [5, 5.41) is 11.7. The fraction of sp³-hybridized carbons (Fsp3) is 0.176. The molecule has 2 N–H and O–H groups in total. The lowest BCUT2D eigenvalue weighted by Crippen LogP contribution is -2.32. The molecule has 1 aromatic carbocycles. The first-order valence-corrected chi connectivity index (χ1v) is 8.46. The van der Waals surface area contributed by atoms with Gasteiger partial charge >= 0.3 is 6.03 Å². The molecule has 0 saturated carbocycles. The van der Waals surface area contributed by atoms with E-state index in [1.807, 2.05) is 24.4 Å². The van der Waals surface area contributed by atoms with Crippen molar-refractivity contribution in [2.75, 3.05) is 5.32 Å². The van der Waals surface area contributed by atoms with Crippen molar-refractivity contribution in [1.82, 2.24) is 15.1 Å². The number of nitrogens with zero attached hydrogens (tertiary/aromatic N) is 2. The van der Waals surface area contributed by atoms with E-state index in [1.165, 1.54) is 12.1 Å². The monoisotopic (exact) mass is 344 g/mol. The van der Waals surface area contributed by atoms with Crippen LogP contribution in [0.25, 0.3) is 5.69 Å². The predicted octanol–water partition coefficient (Wildman–Crippen LogP) is 4.35. The van der Waals surface area contributed by atoms with E-state index in [-0.39, 0.29) is 12.1 Å². The van der Waals surface area contributed by atoms with Gasteiger partial charge in [0.2, 0.25) is 0 Å². The zero-order valence-electron chi connectivity index (χ0n) is 13.1. The number of halogens is 1. The molecule has 0 aliphatic heterocycles. The molecular weight excluding hydrogens is 327 g/mol. The van der Waals surface area contributed by atoms with Crippen LogP contribution in [0.3, 0.4) is 0 Å². The van der Waals surface area contributed by atoms with Crippen LogP contribution in [0, 0.1) is 5.82 Å². The quantitative estimate of drug-likeness (QED) is 0.723. The van der Waals surface area contributed by atoms with Gasteiger partial charge in [0.05, 0.1) is 17.4 Å². The number of thiophene rings is 1. The topological polar surface area (TPSA) is 59.0 Å². The molecule has 0 bridgehead atoms. The lowest BCUT2D eigenvalue weighted by atomic mass is 10.2. The standard InChI is InChI=1S/C17H17FN4OS/c1-2-13(16-5-3-10-24-16)20-17(23)21-14-11-12(18)6-7-15(14)22-9-4-8-19-22/h3-11,13H,2H2,1H3,(H2,20,21,23). The van der Waals surface area contributed by atoms with Gasteiger partial charge in [0.15, 0.2) is 0 Å². The van der Waals surface area contributed by atoms with Crippen molar-refractivity contribution in [2.24, 2.45) is 0 Å². The third-order valence-corrected chi connectivity index (χ3v) is 4.54. The third kappa shape index (κ3) is 3.62. The van der Waals surface area contributed by atoms with Crippen LogP contribution in [0.4, 0.5) is 14.9 Å². The minimum absolute atomic E-state index is 0.0771. The van der Waals surface area contributed by atoms with Gasteiger partial charge in [-0.25, -0.2) is 13.9 Å². The molecule has 1 atom stereocenters. The van der Waals surface area contributed by atoms with Crippen molar-refractivity contribution in [3.63, 3.8) is 0 Å². The van der Waals surface area contributed by atoms with Crippen molar-refractivity contribution in [1.29, 1.82) is 0 Å². The summed E-state index contributed by atoms with van der Waals surface area (Å²) in [4.78, 5) is 13.4. The fourth-order valence-corrected chi connectivity index (χ4v) is 3.26. The van der Waals surface area contributed by atoms with Gasteiger partial charge in [-0.2, -0.15) is 5.10 Å². The van der Waals surface area contributed by atoms with Crippen LogP contribution in [-0.2, 0) is 0 Å². The number of carbonyl (C=O) groups is 1. The number of aromatic nitrogens is 2. The third-order valence-electron chi connectivity index (χ3n) is 3.56. The number of rotatable bonds is 5. The van der Waals surface area contributed by atoms with Crippen LogP contribution < -0.4 is 10.6 Å². The molecule has 3 aromatic rings. The normalized spacial score (nSPS) is 11.9. The van der Waals surface area contributed by atoms with E-state index in [4.69, 9.17) is 0 Å². The van der Waals surface area contributed by atoms with Gasteiger partial charge in [-0.1, -0.05) is 13.0 Å². The Kier molecular flexibility index (Phi) is 4.90. The molecule has 0 aliphatic carbocycles. The number of amides is 2. The number of hydrogen-bond donors (Lipinski definition) is 2. The van der Waals surface area contributed by atoms with E-state index >= 15 is 0 Å². The molecule has 2 aromatic heterocycles. The molecule has 2 heterocycles. The van der Waals surface area contributed by atoms with Crippen LogP contribution in [0.2, 0.25) is 0 Å². The summed E-state index contributed by atoms with van der Waals surface area (Å²) < 4.78 is 15.2. The fourth-order valence-electron chi connectivity index (χ4n) is 2.40. The highest BCUT2D eigenvalue weighted by Crippen LogP contribution is 2.23. The van der Waals surface area contributed by atoms with Crippen LogP contribution in [-0.4, -0.2) is 15.8 Å². The Morgan fingerprint density at radius 2 is 2.25 bits per heavy atom. The zero-order valence-corrected chi connectivity index (χ0v) is 13.9. The number of urea groups is 1. The van der Waals surface area contributed by atoms with Crippen LogP contribution in [0.5, 0.6) is 0 Å². The van der Waals surface area contributed by atoms with E-state index < -0.39 is 5.82 Å². The summed E-state index contributed by atoms with van der Waals surface area (Å²) in [5.74, 6) is -0.425. The molecule has 5 nitrogen and oxygen atoms in total. The van der Waals surface area contributed by atoms with Gasteiger partial charge < -0.3 is 10.6 Å². The smallest absolute Gasteiger partial charge is 0.319 e. The van der Waals surface area contributed by atoms with Crippen LogP contribution in [0.1, 0.15) is 24.3 Å². The van der Waals surface area contributed by atoms with Crippen LogP contribution in [0.15, 0.2) is 54.2 Å². The van der Waals surface area contributed by atoms with Crippen molar-refractivity contribution in [3.8, 4) is 5.69 Å². The van der Waals surface area contributed by atoms with Crippen molar-refractivity contribution < 1.29 is 9.18 Å². The number of anilines is 1. The predicted molar refractivity (Wildman–Crippen MR) is 93.0 cm³/mol. The van der Waals surface area contributed by atoms with Gasteiger partial charge in [-0.15, -0.1) is 11.3 Å². The molecule has 0 radical (unpaired) electrons. The lowest BCUT2D eigenvalue weighted by Gasteiger charge is -2.17. The van der Waals surface area contributed by atoms with E-state index in [2.05, 4.69) is 15.7 Å². The summed E-state index contributed by atoms with van der Waals surface area (Å²) in [6.45, 7) is 2.00. The summed E-state index contributed by atoms with van der Waals surface area (Å²) in [6.07, 6.45) is 4.12. The summed E-state index contributed by atoms with van der Waals surface area (Å²) in [7, 11) is 0. The molecule has 24 heavy (non-hydrogen) atoms. The average Bonchev–Trinajstić information content (AvgIpc) is 3.26. The number of hydrogen-bond acceptors (Lipinski definition) is 3. The number of nitrogens with one attached hydrogen (secondary N) is 2. The summed E-state index contributed by atoms with van der Waals surface area (Å²) in [5.41, 5.74) is 0.956. The van der Waals surface area contributed by atoms with E-state index in [0.29, 0.717) is 11.4 Å². The van der Waals surface area contributed by atoms with Gasteiger partial charge in [0.25, 0.3) is 0 Å². The molecule has 3 rings (SSSR count). The highest BCUT2D eigenvalue weighted by Gasteiger charge is 2.15. The number of benzene rings is 1. The first-order chi connectivity index (χ1) is 11.7. The lowest BCUT2D eigenvalue weighted by molar-refractivity contribution is 0.248. The minimum atomic E-state index is -0.425. The summed E-state index contributed by atoms with van der Waals surface area (Å²) >= 11 is 1.59. The number of carbonyl (C=O) groups excluding carboxylic acids is 1. The van der Waals surface area contributed by atoms with E-state index in [9.17, 15) is 9.18 Å². The van der Waals surface area contributed by atoms with Gasteiger partial charge in [0, 0.05) is 17.3 Å². The van der Waals surface area contributed by atoms with E-state index in [0.717, 1.165) is 11.3 Å². The minimum Gasteiger partial charge on any atom is -0.330 e. The largest absolute Gasteiger partial charge is 0.330 e.